The molecule has 1 N–H and O–H groups in total. The molecule has 0 unspecified atom stereocenters. The lowest BCUT2D eigenvalue weighted by Crippen LogP contribution is -2.44. The van der Waals surface area contributed by atoms with Crippen LogP contribution >= 0.6 is 0 Å². The summed E-state index contributed by atoms with van der Waals surface area (Å²) < 4.78 is 0. The lowest BCUT2D eigenvalue weighted by atomic mass is 9.58. The van der Waals surface area contributed by atoms with Gasteiger partial charge in [-0.2, -0.15) is 5.10 Å². The van der Waals surface area contributed by atoms with Crippen LogP contribution < -0.4 is 5.43 Å². The van der Waals surface area contributed by atoms with Crippen molar-refractivity contribution in [1.82, 2.24) is 0 Å². The fourth-order valence-corrected chi connectivity index (χ4v) is 4.39. The van der Waals surface area contributed by atoms with Crippen LogP contribution in [0.1, 0.15) is 46.5 Å². The van der Waals surface area contributed by atoms with E-state index in [1.807, 2.05) is 0 Å². The first-order valence-corrected chi connectivity index (χ1v) is 8.43. The van der Waals surface area contributed by atoms with Crippen LogP contribution in [0.5, 0.6) is 0 Å². The second-order valence-corrected chi connectivity index (χ2v) is 7.71. The summed E-state index contributed by atoms with van der Waals surface area (Å²) in [7, 11) is 0. The van der Waals surface area contributed by atoms with Crippen molar-refractivity contribution in [3.05, 3.63) is 38.4 Å². The molecule has 2 atom stereocenters. The van der Waals surface area contributed by atoms with E-state index in [4.69, 9.17) is 0 Å². The number of nitro benzene ring substituents is 2. The number of hydrazone groups is 1. The number of nitrogens with one attached hydrogen (secondary N) is 1. The van der Waals surface area contributed by atoms with Gasteiger partial charge < -0.3 is 0 Å². The maximum Gasteiger partial charge on any atom is 0.301 e. The van der Waals surface area contributed by atoms with Gasteiger partial charge in [-0.25, -0.2) is 0 Å². The van der Waals surface area contributed by atoms with Gasteiger partial charge in [-0.15, -0.1) is 0 Å². The molecular weight excluding hydrogens is 324 g/mol. The van der Waals surface area contributed by atoms with Crippen molar-refractivity contribution in [2.24, 2.45) is 21.8 Å². The first-order chi connectivity index (χ1) is 11.7. The van der Waals surface area contributed by atoms with Gasteiger partial charge in [0, 0.05) is 17.2 Å². The van der Waals surface area contributed by atoms with Crippen LogP contribution in [0.15, 0.2) is 23.3 Å². The Labute approximate surface area is 145 Å². The summed E-state index contributed by atoms with van der Waals surface area (Å²) in [5, 5.41) is 26.6. The van der Waals surface area contributed by atoms with Crippen LogP contribution in [0, 0.1) is 37.0 Å². The van der Waals surface area contributed by atoms with E-state index in [2.05, 4.69) is 31.3 Å². The molecule has 0 saturated heterocycles. The molecule has 134 valence electrons. The van der Waals surface area contributed by atoms with E-state index >= 15 is 0 Å². The third kappa shape index (κ3) is 2.65. The summed E-state index contributed by atoms with van der Waals surface area (Å²) in [6, 6.07) is 3.54. The van der Waals surface area contributed by atoms with Crippen molar-refractivity contribution in [3.63, 3.8) is 0 Å². The van der Waals surface area contributed by atoms with Crippen molar-refractivity contribution < 1.29 is 9.85 Å². The molecular formula is C17H22N4O4. The number of rotatable bonds is 4. The lowest BCUT2D eigenvalue weighted by Gasteiger charge is -2.46. The van der Waals surface area contributed by atoms with Gasteiger partial charge in [-0.3, -0.25) is 25.7 Å². The molecule has 2 aliphatic rings. The molecule has 2 aliphatic carbocycles. The first kappa shape index (κ1) is 17.3. The minimum absolute atomic E-state index is 0.0293. The third-order valence-electron chi connectivity index (χ3n) is 6.50. The monoisotopic (exact) mass is 346 g/mol. The zero-order valence-corrected chi connectivity index (χ0v) is 14.6. The van der Waals surface area contributed by atoms with Crippen LogP contribution in [0.25, 0.3) is 0 Å². The van der Waals surface area contributed by atoms with Crippen LogP contribution in [-0.4, -0.2) is 15.6 Å². The summed E-state index contributed by atoms with van der Waals surface area (Å²) in [5.74, 6) is 0.685. The molecule has 8 heteroatoms. The summed E-state index contributed by atoms with van der Waals surface area (Å²) in [4.78, 5) is 20.8. The molecule has 2 saturated carbocycles. The molecule has 0 heterocycles. The molecule has 8 nitrogen and oxygen atoms in total. The van der Waals surface area contributed by atoms with Gasteiger partial charge in [-0.05, 0) is 43.1 Å². The molecule has 2 fully saturated rings. The minimum Gasteiger partial charge on any atom is -0.272 e. The molecule has 25 heavy (non-hydrogen) atoms. The van der Waals surface area contributed by atoms with Gasteiger partial charge in [0.2, 0.25) is 0 Å². The topological polar surface area (TPSA) is 111 Å². The Bertz CT molecular complexity index is 774. The second kappa shape index (κ2) is 5.79. The molecule has 0 radical (unpaired) electrons. The van der Waals surface area contributed by atoms with Crippen LogP contribution in [0.2, 0.25) is 0 Å². The minimum atomic E-state index is -0.647. The highest BCUT2D eigenvalue weighted by Gasteiger charge is 2.56. The average Bonchev–Trinajstić information content (AvgIpc) is 2.69. The molecule has 1 aromatic rings. The highest BCUT2D eigenvalue weighted by Crippen LogP contribution is 2.61. The normalized spacial score (nSPS) is 28.8. The van der Waals surface area contributed by atoms with E-state index in [0.717, 1.165) is 31.0 Å². The van der Waals surface area contributed by atoms with E-state index in [1.165, 1.54) is 18.6 Å². The Kier molecular flexibility index (Phi) is 4.01. The van der Waals surface area contributed by atoms with E-state index in [0.29, 0.717) is 5.92 Å². The maximum atomic E-state index is 11.2. The zero-order valence-electron chi connectivity index (χ0n) is 14.6. The molecule has 0 amide bonds. The lowest BCUT2D eigenvalue weighted by molar-refractivity contribution is -0.393. The van der Waals surface area contributed by atoms with Gasteiger partial charge in [-0.1, -0.05) is 20.8 Å². The highest BCUT2D eigenvalue weighted by molar-refractivity contribution is 5.92. The van der Waals surface area contributed by atoms with E-state index in [-0.39, 0.29) is 27.9 Å². The Morgan fingerprint density at radius 2 is 1.88 bits per heavy atom. The van der Waals surface area contributed by atoms with Gasteiger partial charge in [0.25, 0.3) is 5.69 Å². The number of hydrogen-bond donors (Lipinski definition) is 1. The number of non-ortho nitro benzene ring substituents is 1. The Morgan fingerprint density at radius 1 is 1.16 bits per heavy atom. The molecule has 3 rings (SSSR count). The van der Waals surface area contributed by atoms with Crippen molar-refractivity contribution in [3.8, 4) is 0 Å². The fraction of sp³-hybridized carbons (Fsp3) is 0.588. The maximum absolute atomic E-state index is 11.2. The van der Waals surface area contributed by atoms with Gasteiger partial charge >= 0.3 is 5.69 Å². The summed E-state index contributed by atoms with van der Waals surface area (Å²) >= 11 is 0. The van der Waals surface area contributed by atoms with Crippen LogP contribution in [0.4, 0.5) is 17.1 Å². The van der Waals surface area contributed by atoms with Crippen LogP contribution in [0.3, 0.4) is 0 Å². The number of anilines is 1. The number of fused-ring (bicyclic) bond motifs is 2. The Balaban J connectivity index is 1.92. The van der Waals surface area contributed by atoms with E-state index in [9.17, 15) is 20.2 Å². The molecule has 2 bridgehead atoms. The Hall–Kier alpha value is -2.51. The fourth-order valence-electron chi connectivity index (χ4n) is 4.39. The van der Waals surface area contributed by atoms with Crippen molar-refractivity contribution in [2.45, 2.75) is 46.5 Å². The first-order valence-electron chi connectivity index (χ1n) is 8.43. The second-order valence-electron chi connectivity index (χ2n) is 7.71. The van der Waals surface area contributed by atoms with Gasteiger partial charge in [0.15, 0.2) is 0 Å². The van der Waals surface area contributed by atoms with Gasteiger partial charge in [0.1, 0.15) is 5.69 Å². The molecule has 0 aromatic heterocycles. The smallest absolute Gasteiger partial charge is 0.272 e. The number of nitro groups is 2. The number of benzene rings is 1. The SMILES string of the molecule is CC1(C)[C@H]2CC/C(=N/Nc3ccc([N+](=O)[O-])cc3[N+](=O)[O-])[C@]1(C)CC2. The van der Waals surface area contributed by atoms with E-state index in [1.54, 1.807) is 0 Å². The summed E-state index contributed by atoms with van der Waals surface area (Å²) in [5.41, 5.74) is 3.46. The summed E-state index contributed by atoms with van der Waals surface area (Å²) in [6.45, 7) is 6.76. The predicted octanol–water partition coefficient (Wildman–Crippen LogP) is 4.51. The van der Waals surface area contributed by atoms with Gasteiger partial charge in [0.05, 0.1) is 15.9 Å². The zero-order chi connectivity index (χ0) is 18.4. The third-order valence-corrected chi connectivity index (χ3v) is 6.50. The van der Waals surface area contributed by atoms with Crippen molar-refractivity contribution in [1.29, 1.82) is 0 Å². The molecule has 0 spiro atoms. The number of nitrogens with zero attached hydrogens (tertiary/aromatic N) is 3. The largest absolute Gasteiger partial charge is 0.301 e. The van der Waals surface area contributed by atoms with Crippen molar-refractivity contribution in [2.75, 3.05) is 5.43 Å². The molecule has 0 aliphatic heterocycles. The average molecular weight is 346 g/mol. The molecule has 1 aromatic carbocycles. The summed E-state index contributed by atoms with van der Waals surface area (Å²) in [6.07, 6.45) is 4.19. The van der Waals surface area contributed by atoms with Crippen LogP contribution in [-0.2, 0) is 0 Å². The van der Waals surface area contributed by atoms with E-state index < -0.39 is 9.85 Å². The Morgan fingerprint density at radius 3 is 2.52 bits per heavy atom. The predicted molar refractivity (Wildman–Crippen MR) is 94.7 cm³/mol. The van der Waals surface area contributed by atoms with Crippen molar-refractivity contribution >= 4 is 22.8 Å². The standard InChI is InChI=1S/C17H22N4O4/c1-16(2)11-4-7-15(17(16,3)9-8-11)19-18-13-6-5-12(20(22)23)10-14(13)21(24)25/h5-6,10-11,18H,4,7-9H2,1-3H3/b19-15-/t11-,17-/m0/s1. The number of hydrogen-bond acceptors (Lipinski definition) is 6. The highest BCUT2D eigenvalue weighted by atomic mass is 16.6. The quantitative estimate of drug-likeness (QED) is 0.637.